The third-order valence-corrected chi connectivity index (χ3v) is 2.39. The topological polar surface area (TPSA) is 56.1 Å². The molecule has 1 aliphatic heterocycles. The Bertz CT molecular complexity index is 409. The number of fused-ring (bicyclic) bond motifs is 1. The first-order chi connectivity index (χ1) is 7.81. The second kappa shape index (κ2) is 4.83. The third-order valence-electron chi connectivity index (χ3n) is 2.39. The summed E-state index contributed by atoms with van der Waals surface area (Å²) in [4.78, 5) is 11.1. The van der Waals surface area contributed by atoms with Gasteiger partial charge < -0.3 is 10.1 Å². The summed E-state index contributed by atoms with van der Waals surface area (Å²) in [5.41, 5.74) is 0.924. The van der Waals surface area contributed by atoms with E-state index in [0.29, 0.717) is 6.61 Å². The molecule has 1 aromatic rings. The Morgan fingerprint density at radius 2 is 2.62 bits per heavy atom. The number of carbonyl (C=O) groups is 1. The van der Waals surface area contributed by atoms with Crippen molar-refractivity contribution in [3.8, 4) is 0 Å². The van der Waals surface area contributed by atoms with Crippen LogP contribution in [-0.2, 0) is 16.1 Å². The predicted molar refractivity (Wildman–Crippen MR) is 61.0 cm³/mol. The largest absolute Gasteiger partial charge is 0.463 e. The van der Waals surface area contributed by atoms with Crippen LogP contribution in [0.3, 0.4) is 0 Å². The number of nitrogens with zero attached hydrogens (tertiary/aromatic N) is 2. The molecule has 16 heavy (non-hydrogen) atoms. The van der Waals surface area contributed by atoms with Gasteiger partial charge in [-0.05, 0) is 19.4 Å². The van der Waals surface area contributed by atoms with Crippen molar-refractivity contribution in [2.24, 2.45) is 0 Å². The molecule has 1 aromatic heterocycles. The van der Waals surface area contributed by atoms with Crippen LogP contribution in [0.25, 0.3) is 6.08 Å². The van der Waals surface area contributed by atoms with Crippen LogP contribution >= 0.6 is 0 Å². The molecule has 5 nitrogen and oxygen atoms in total. The van der Waals surface area contributed by atoms with E-state index >= 15 is 0 Å². The lowest BCUT2D eigenvalue weighted by Gasteiger charge is -2.16. The van der Waals surface area contributed by atoms with E-state index in [2.05, 4.69) is 10.4 Å². The Kier molecular flexibility index (Phi) is 3.24. The van der Waals surface area contributed by atoms with Gasteiger partial charge in [-0.15, -0.1) is 0 Å². The number of hydrogen-bond donors (Lipinski definition) is 1. The number of esters is 1. The van der Waals surface area contributed by atoms with E-state index in [9.17, 15) is 4.79 Å². The summed E-state index contributed by atoms with van der Waals surface area (Å²) in [7, 11) is 0. The van der Waals surface area contributed by atoms with Gasteiger partial charge in [0.25, 0.3) is 0 Å². The van der Waals surface area contributed by atoms with Crippen molar-refractivity contribution in [3.63, 3.8) is 0 Å². The molecule has 0 aliphatic carbocycles. The van der Waals surface area contributed by atoms with Crippen LogP contribution in [0, 0.1) is 0 Å². The molecular formula is C11H15N3O2. The molecule has 0 fully saturated rings. The fourth-order valence-electron chi connectivity index (χ4n) is 1.67. The molecule has 2 rings (SSSR count). The van der Waals surface area contributed by atoms with Gasteiger partial charge in [0.15, 0.2) is 0 Å². The number of carbonyl (C=O) groups excluding carboxylic acids is 1. The zero-order valence-corrected chi connectivity index (χ0v) is 9.27. The number of hydrogen-bond acceptors (Lipinski definition) is 4. The van der Waals surface area contributed by atoms with Crippen LogP contribution in [0.15, 0.2) is 12.3 Å². The average molecular weight is 221 g/mol. The molecular weight excluding hydrogens is 206 g/mol. The quantitative estimate of drug-likeness (QED) is 0.617. The molecule has 0 aromatic carbocycles. The summed E-state index contributed by atoms with van der Waals surface area (Å²) in [6.45, 7) is 4.06. The minimum absolute atomic E-state index is 0.321. The lowest BCUT2D eigenvalue weighted by atomic mass is 10.2. The zero-order chi connectivity index (χ0) is 11.4. The SMILES string of the molecule is CCOC(=O)/C=C/c1cnn2c1NCCC2. The van der Waals surface area contributed by atoms with E-state index in [0.717, 1.165) is 30.9 Å². The first kappa shape index (κ1) is 10.7. The number of anilines is 1. The van der Waals surface area contributed by atoms with Crippen molar-refractivity contribution in [1.82, 2.24) is 9.78 Å². The zero-order valence-electron chi connectivity index (χ0n) is 9.27. The van der Waals surface area contributed by atoms with Crippen molar-refractivity contribution < 1.29 is 9.53 Å². The van der Waals surface area contributed by atoms with Gasteiger partial charge in [0.1, 0.15) is 5.82 Å². The Labute approximate surface area is 94.1 Å². The number of ether oxygens (including phenoxy) is 1. The van der Waals surface area contributed by atoms with E-state index in [1.807, 2.05) is 4.68 Å². The molecule has 1 aliphatic rings. The van der Waals surface area contributed by atoms with Crippen molar-refractivity contribution in [3.05, 3.63) is 17.8 Å². The van der Waals surface area contributed by atoms with Crippen molar-refractivity contribution in [1.29, 1.82) is 0 Å². The van der Waals surface area contributed by atoms with Gasteiger partial charge in [0.2, 0.25) is 0 Å². The molecule has 86 valence electrons. The molecule has 2 heterocycles. The molecule has 0 saturated carbocycles. The maximum Gasteiger partial charge on any atom is 0.330 e. The molecule has 0 bridgehead atoms. The molecule has 1 N–H and O–H groups in total. The summed E-state index contributed by atoms with van der Waals surface area (Å²) < 4.78 is 6.72. The van der Waals surface area contributed by atoms with Crippen molar-refractivity contribution >= 4 is 17.9 Å². The summed E-state index contributed by atoms with van der Waals surface area (Å²) in [6, 6.07) is 0. The number of nitrogens with one attached hydrogen (secondary N) is 1. The summed E-state index contributed by atoms with van der Waals surface area (Å²) >= 11 is 0. The highest BCUT2D eigenvalue weighted by atomic mass is 16.5. The van der Waals surface area contributed by atoms with Gasteiger partial charge in [-0.1, -0.05) is 0 Å². The second-order valence-corrected chi connectivity index (χ2v) is 3.54. The smallest absolute Gasteiger partial charge is 0.330 e. The van der Waals surface area contributed by atoms with E-state index in [1.165, 1.54) is 6.08 Å². The minimum atomic E-state index is -0.321. The second-order valence-electron chi connectivity index (χ2n) is 3.54. The molecule has 0 radical (unpaired) electrons. The highest BCUT2D eigenvalue weighted by Gasteiger charge is 2.12. The lowest BCUT2D eigenvalue weighted by Crippen LogP contribution is -2.17. The van der Waals surface area contributed by atoms with Crippen molar-refractivity contribution in [2.45, 2.75) is 19.9 Å². The van der Waals surface area contributed by atoms with Crippen LogP contribution in [0.5, 0.6) is 0 Å². The highest BCUT2D eigenvalue weighted by molar-refractivity contribution is 5.88. The predicted octanol–water partition coefficient (Wildman–Crippen LogP) is 1.27. The first-order valence-electron chi connectivity index (χ1n) is 5.45. The first-order valence-corrected chi connectivity index (χ1v) is 5.45. The molecule has 0 spiro atoms. The summed E-state index contributed by atoms with van der Waals surface area (Å²) in [5.74, 6) is 0.657. The van der Waals surface area contributed by atoms with Crippen LogP contribution in [-0.4, -0.2) is 28.9 Å². The molecule has 5 heteroatoms. The van der Waals surface area contributed by atoms with Gasteiger partial charge in [-0.2, -0.15) is 5.10 Å². The van der Waals surface area contributed by atoms with Gasteiger partial charge in [0.05, 0.1) is 12.8 Å². The molecule has 0 saturated heterocycles. The van der Waals surface area contributed by atoms with E-state index in [4.69, 9.17) is 4.74 Å². The van der Waals surface area contributed by atoms with E-state index in [-0.39, 0.29) is 5.97 Å². The molecule has 0 unspecified atom stereocenters. The monoisotopic (exact) mass is 221 g/mol. The van der Waals surface area contributed by atoms with Gasteiger partial charge >= 0.3 is 5.97 Å². The lowest BCUT2D eigenvalue weighted by molar-refractivity contribution is -0.137. The Morgan fingerprint density at radius 1 is 1.75 bits per heavy atom. The number of aryl methyl sites for hydroxylation is 1. The maximum absolute atomic E-state index is 11.1. The van der Waals surface area contributed by atoms with E-state index < -0.39 is 0 Å². The summed E-state index contributed by atoms with van der Waals surface area (Å²) in [5, 5.41) is 7.50. The van der Waals surface area contributed by atoms with Gasteiger partial charge in [-0.3, -0.25) is 0 Å². The Morgan fingerprint density at radius 3 is 3.44 bits per heavy atom. The Balaban J connectivity index is 2.10. The van der Waals surface area contributed by atoms with Crippen LogP contribution in [0.1, 0.15) is 18.9 Å². The molecule has 0 atom stereocenters. The average Bonchev–Trinajstić information content (AvgIpc) is 2.70. The fourth-order valence-corrected chi connectivity index (χ4v) is 1.67. The van der Waals surface area contributed by atoms with Crippen molar-refractivity contribution in [2.75, 3.05) is 18.5 Å². The fraction of sp³-hybridized carbons (Fsp3) is 0.455. The van der Waals surface area contributed by atoms with Crippen LogP contribution in [0.4, 0.5) is 5.82 Å². The van der Waals surface area contributed by atoms with Crippen LogP contribution in [0.2, 0.25) is 0 Å². The molecule has 0 amide bonds. The van der Waals surface area contributed by atoms with Gasteiger partial charge in [0, 0.05) is 24.7 Å². The van der Waals surface area contributed by atoms with E-state index in [1.54, 1.807) is 19.2 Å². The maximum atomic E-state index is 11.1. The van der Waals surface area contributed by atoms with Gasteiger partial charge in [-0.25, -0.2) is 9.48 Å². The third kappa shape index (κ3) is 2.24. The number of rotatable bonds is 3. The standard InChI is InChI=1S/C11H15N3O2/c1-2-16-10(15)5-4-9-8-13-14-7-3-6-12-11(9)14/h4-5,8,12H,2-3,6-7H2,1H3/b5-4+. The Hall–Kier alpha value is -1.78. The normalized spacial score (nSPS) is 14.6. The van der Waals surface area contributed by atoms with Crippen LogP contribution < -0.4 is 5.32 Å². The highest BCUT2D eigenvalue weighted by Crippen LogP contribution is 2.20. The number of aromatic nitrogens is 2. The summed E-state index contributed by atoms with van der Waals surface area (Å²) in [6.07, 6.45) is 5.99. The minimum Gasteiger partial charge on any atom is -0.463 e.